The Morgan fingerprint density at radius 1 is 1.21 bits per heavy atom. The van der Waals surface area contributed by atoms with Gasteiger partial charge in [0.1, 0.15) is 0 Å². The van der Waals surface area contributed by atoms with E-state index in [2.05, 4.69) is 18.8 Å². The largest absolute Gasteiger partial charge is 0.356 e. The molecule has 1 heterocycles. The average Bonchev–Trinajstić information content (AvgIpc) is 2.42. The zero-order chi connectivity index (χ0) is 10.7. The van der Waals surface area contributed by atoms with Crippen molar-refractivity contribution in [3.63, 3.8) is 0 Å². The zero-order valence-electron chi connectivity index (χ0n) is 9.53. The molecule has 0 aliphatic heterocycles. The van der Waals surface area contributed by atoms with Crippen LogP contribution in [0, 0.1) is 20.8 Å². The molecule has 0 amide bonds. The van der Waals surface area contributed by atoms with Crippen LogP contribution in [0.25, 0.3) is 0 Å². The molecule has 0 aliphatic carbocycles. The third-order valence-corrected chi connectivity index (χ3v) is 2.85. The lowest BCUT2D eigenvalue weighted by molar-refractivity contribution is 0.0975. The predicted octanol–water partition coefficient (Wildman–Crippen LogP) is 3.31. The van der Waals surface area contributed by atoms with Crippen molar-refractivity contribution in [2.24, 2.45) is 0 Å². The highest BCUT2D eigenvalue weighted by Gasteiger charge is 2.13. The number of aromatic amines is 1. The van der Waals surface area contributed by atoms with Crippen LogP contribution in [-0.4, -0.2) is 10.8 Å². The number of carbonyl (C=O) groups excluding carboxylic acids is 1. The Labute approximate surface area is 85.7 Å². The van der Waals surface area contributed by atoms with Crippen LogP contribution in [0.15, 0.2) is 0 Å². The predicted molar refractivity (Wildman–Crippen MR) is 58.9 cm³/mol. The van der Waals surface area contributed by atoms with E-state index >= 15 is 0 Å². The van der Waals surface area contributed by atoms with Crippen molar-refractivity contribution < 1.29 is 4.79 Å². The molecule has 1 rings (SSSR count). The lowest BCUT2D eigenvalue weighted by Crippen LogP contribution is -2.01. The van der Waals surface area contributed by atoms with Gasteiger partial charge in [-0.3, -0.25) is 4.79 Å². The topological polar surface area (TPSA) is 32.9 Å². The molecule has 1 aromatic rings. The van der Waals surface area contributed by atoms with Gasteiger partial charge in [-0.2, -0.15) is 0 Å². The van der Waals surface area contributed by atoms with E-state index in [0.717, 1.165) is 29.8 Å². The van der Waals surface area contributed by atoms with Gasteiger partial charge in [0.25, 0.3) is 0 Å². The monoisotopic (exact) mass is 193 g/mol. The molecule has 0 unspecified atom stereocenters. The maximum atomic E-state index is 11.8. The molecule has 0 saturated heterocycles. The zero-order valence-corrected chi connectivity index (χ0v) is 9.53. The van der Waals surface area contributed by atoms with E-state index in [0.29, 0.717) is 6.42 Å². The second-order valence-corrected chi connectivity index (χ2v) is 3.90. The van der Waals surface area contributed by atoms with Crippen LogP contribution in [0.4, 0.5) is 0 Å². The van der Waals surface area contributed by atoms with E-state index in [1.165, 1.54) is 5.56 Å². The van der Waals surface area contributed by atoms with Crippen LogP contribution in [0.5, 0.6) is 0 Å². The number of nitrogens with one attached hydrogen (secondary N) is 1. The Morgan fingerprint density at radius 2 is 1.86 bits per heavy atom. The highest BCUT2D eigenvalue weighted by atomic mass is 16.1. The molecule has 0 saturated carbocycles. The van der Waals surface area contributed by atoms with Crippen molar-refractivity contribution in [2.75, 3.05) is 0 Å². The number of Topliss-reactive ketones (excluding diaryl/α,β-unsaturated/α-hetero) is 1. The van der Waals surface area contributed by atoms with Crippen molar-refractivity contribution in [1.82, 2.24) is 4.98 Å². The number of hydrogen-bond donors (Lipinski definition) is 1. The molecule has 14 heavy (non-hydrogen) atoms. The van der Waals surface area contributed by atoms with Crippen LogP contribution in [0.2, 0.25) is 0 Å². The average molecular weight is 193 g/mol. The van der Waals surface area contributed by atoms with Gasteiger partial charge in [0.15, 0.2) is 5.78 Å². The molecule has 1 N–H and O–H groups in total. The summed E-state index contributed by atoms with van der Waals surface area (Å²) in [6, 6.07) is 0. The maximum Gasteiger partial charge on any atom is 0.179 e. The first kappa shape index (κ1) is 11.0. The first-order chi connectivity index (χ1) is 6.57. The van der Waals surface area contributed by atoms with E-state index in [1.54, 1.807) is 0 Å². The van der Waals surface area contributed by atoms with Gasteiger partial charge in [-0.05, 0) is 38.3 Å². The second kappa shape index (κ2) is 4.45. The summed E-state index contributed by atoms with van der Waals surface area (Å²) in [6.07, 6.45) is 2.72. The van der Waals surface area contributed by atoms with Crippen molar-refractivity contribution >= 4 is 5.78 Å². The summed E-state index contributed by atoms with van der Waals surface area (Å²) in [5, 5.41) is 0. The summed E-state index contributed by atoms with van der Waals surface area (Å²) in [4.78, 5) is 14.9. The number of H-pyrrole nitrogens is 1. The highest BCUT2D eigenvalue weighted by molar-refractivity contribution is 5.96. The molecule has 0 spiro atoms. The van der Waals surface area contributed by atoms with E-state index in [1.807, 2.05) is 13.8 Å². The summed E-state index contributed by atoms with van der Waals surface area (Å²) in [5.74, 6) is 0.251. The highest BCUT2D eigenvalue weighted by Crippen LogP contribution is 2.18. The molecular weight excluding hydrogens is 174 g/mol. The molecule has 0 bridgehead atoms. The van der Waals surface area contributed by atoms with Crippen molar-refractivity contribution in [3.8, 4) is 0 Å². The number of carbonyl (C=O) groups is 1. The van der Waals surface area contributed by atoms with Gasteiger partial charge >= 0.3 is 0 Å². The van der Waals surface area contributed by atoms with Crippen LogP contribution < -0.4 is 0 Å². The van der Waals surface area contributed by atoms with Crippen molar-refractivity contribution in [1.29, 1.82) is 0 Å². The molecule has 0 aliphatic rings. The first-order valence-electron chi connectivity index (χ1n) is 5.26. The van der Waals surface area contributed by atoms with Crippen molar-refractivity contribution in [3.05, 3.63) is 22.5 Å². The Balaban J connectivity index is 2.85. The number of aryl methyl sites for hydroxylation is 1. The van der Waals surface area contributed by atoms with E-state index in [-0.39, 0.29) is 5.78 Å². The SMILES string of the molecule is CCCCC(=O)c1[nH]c(C)c(C)c1C. The third kappa shape index (κ3) is 2.06. The minimum Gasteiger partial charge on any atom is -0.356 e. The molecule has 0 radical (unpaired) electrons. The molecule has 0 aromatic carbocycles. The summed E-state index contributed by atoms with van der Waals surface area (Å²) in [5.41, 5.74) is 4.25. The van der Waals surface area contributed by atoms with Gasteiger partial charge < -0.3 is 4.98 Å². The van der Waals surface area contributed by atoms with Crippen LogP contribution in [0.1, 0.15) is 53.5 Å². The van der Waals surface area contributed by atoms with Gasteiger partial charge in [-0.25, -0.2) is 0 Å². The van der Waals surface area contributed by atoms with Gasteiger partial charge in [0, 0.05) is 12.1 Å². The Hall–Kier alpha value is -1.05. The van der Waals surface area contributed by atoms with Crippen molar-refractivity contribution in [2.45, 2.75) is 47.0 Å². The third-order valence-electron chi connectivity index (χ3n) is 2.85. The summed E-state index contributed by atoms with van der Waals surface area (Å²) in [7, 11) is 0. The van der Waals surface area contributed by atoms with Crippen LogP contribution in [-0.2, 0) is 0 Å². The number of ketones is 1. The number of rotatable bonds is 4. The molecule has 0 fully saturated rings. The Kier molecular flexibility index (Phi) is 3.50. The quantitative estimate of drug-likeness (QED) is 0.731. The minimum atomic E-state index is 0.251. The molecular formula is C12H19NO. The number of aromatic nitrogens is 1. The van der Waals surface area contributed by atoms with Crippen LogP contribution in [0.3, 0.4) is 0 Å². The molecule has 2 nitrogen and oxygen atoms in total. The summed E-state index contributed by atoms with van der Waals surface area (Å²) in [6.45, 7) is 8.18. The first-order valence-corrected chi connectivity index (χ1v) is 5.26. The lowest BCUT2D eigenvalue weighted by Gasteiger charge is -1.98. The molecule has 0 atom stereocenters. The maximum absolute atomic E-state index is 11.8. The van der Waals surface area contributed by atoms with E-state index < -0.39 is 0 Å². The van der Waals surface area contributed by atoms with Gasteiger partial charge in [-0.1, -0.05) is 13.3 Å². The smallest absolute Gasteiger partial charge is 0.179 e. The molecule has 2 heteroatoms. The standard InChI is InChI=1S/C12H19NO/c1-5-6-7-11(14)12-9(3)8(2)10(4)13-12/h13H,5-7H2,1-4H3. The second-order valence-electron chi connectivity index (χ2n) is 3.90. The van der Waals surface area contributed by atoms with E-state index in [9.17, 15) is 4.79 Å². The van der Waals surface area contributed by atoms with Gasteiger partial charge in [-0.15, -0.1) is 0 Å². The van der Waals surface area contributed by atoms with E-state index in [4.69, 9.17) is 0 Å². The Morgan fingerprint density at radius 3 is 2.29 bits per heavy atom. The lowest BCUT2D eigenvalue weighted by atomic mass is 10.1. The van der Waals surface area contributed by atoms with Crippen LogP contribution >= 0.6 is 0 Å². The fraction of sp³-hybridized carbons (Fsp3) is 0.583. The molecule has 1 aromatic heterocycles. The normalized spacial score (nSPS) is 10.6. The summed E-state index contributed by atoms with van der Waals surface area (Å²) < 4.78 is 0. The minimum absolute atomic E-state index is 0.251. The number of hydrogen-bond acceptors (Lipinski definition) is 1. The fourth-order valence-electron chi connectivity index (χ4n) is 1.58. The molecule has 78 valence electrons. The summed E-state index contributed by atoms with van der Waals surface area (Å²) >= 11 is 0. The fourth-order valence-corrected chi connectivity index (χ4v) is 1.58. The number of unbranched alkanes of at least 4 members (excludes halogenated alkanes) is 1. The van der Waals surface area contributed by atoms with Gasteiger partial charge in [0.05, 0.1) is 5.69 Å². The Bertz CT molecular complexity index is 336. The van der Waals surface area contributed by atoms with Gasteiger partial charge in [0.2, 0.25) is 0 Å².